The van der Waals surface area contributed by atoms with Crippen molar-refractivity contribution >= 4 is 154 Å². The maximum atomic E-state index is 12.9. The number of nitrogens with two attached hydrogens (primary N) is 1. The Morgan fingerprint density at radius 1 is 0.489 bits per heavy atom. The van der Waals surface area contributed by atoms with E-state index in [0.29, 0.717) is 131 Å². The summed E-state index contributed by atoms with van der Waals surface area (Å²) in [6.07, 6.45) is 16.7. The fourth-order valence-corrected chi connectivity index (χ4v) is 14.6. The number of rotatable bonds is 26. The summed E-state index contributed by atoms with van der Waals surface area (Å²) in [5.74, 6) is 0.512. The molecule has 10 heterocycles. The second kappa shape index (κ2) is 55.2. The molecular formula is C101H113F2N22NiO12S3. The number of anilines is 9. The zero-order valence-electron chi connectivity index (χ0n) is 79.9. The van der Waals surface area contributed by atoms with E-state index in [2.05, 4.69) is 127 Å². The zero-order chi connectivity index (χ0) is 102. The summed E-state index contributed by atoms with van der Waals surface area (Å²) in [6, 6.07) is 52.0. The van der Waals surface area contributed by atoms with Crippen LogP contribution in [-0.4, -0.2) is 199 Å². The van der Waals surface area contributed by atoms with Gasteiger partial charge in [0.2, 0.25) is 28.8 Å². The van der Waals surface area contributed by atoms with Gasteiger partial charge >= 0.3 is 22.6 Å². The van der Waals surface area contributed by atoms with Crippen LogP contribution in [0, 0.1) is 20.8 Å². The third-order valence-electron chi connectivity index (χ3n) is 19.7. The Bertz CT molecular complexity index is 6980. The molecule has 8 aromatic heterocycles. The van der Waals surface area contributed by atoms with E-state index in [-0.39, 0.29) is 86.9 Å². The summed E-state index contributed by atoms with van der Waals surface area (Å²) < 4.78 is 58.1. The average Bonchev–Trinajstić information content (AvgIpc) is 0.696. The van der Waals surface area contributed by atoms with Crippen LogP contribution in [0.15, 0.2) is 279 Å². The van der Waals surface area contributed by atoms with Crippen LogP contribution in [0.4, 0.5) is 65.0 Å². The van der Waals surface area contributed by atoms with Crippen molar-refractivity contribution in [2.24, 2.45) is 0 Å². The zero-order valence-corrected chi connectivity index (χ0v) is 83.3. The van der Waals surface area contributed by atoms with Crippen molar-refractivity contribution in [2.75, 3.05) is 129 Å². The number of aromatic nitrogens is 12. The van der Waals surface area contributed by atoms with Crippen molar-refractivity contribution in [1.29, 1.82) is 0 Å². The molecule has 6 aromatic carbocycles. The molecule has 40 heteroatoms. The maximum absolute atomic E-state index is 12.9. The Balaban J connectivity index is 0.000000216. The molecule has 741 valence electrons. The minimum atomic E-state index is -1.38. The number of halogens is 2. The molecule has 4 amide bonds. The number of amides is 4. The van der Waals surface area contributed by atoms with Crippen LogP contribution in [0.2, 0.25) is 0 Å². The number of benzene rings is 6. The van der Waals surface area contributed by atoms with Crippen LogP contribution in [0.1, 0.15) is 54.4 Å². The number of hydrogen-bond acceptors (Lipinski definition) is 28. The van der Waals surface area contributed by atoms with Gasteiger partial charge in [-0.3, -0.25) is 71.2 Å². The number of ether oxygens (including phenoxy) is 3. The molecule has 14 aromatic rings. The molecule has 9 N–H and O–H groups in total. The number of pyridine rings is 4. The molecule has 16 rings (SSSR count). The summed E-state index contributed by atoms with van der Waals surface area (Å²) in [7, 11) is 1.80. The first-order valence-electron chi connectivity index (χ1n) is 43.9. The van der Waals surface area contributed by atoms with E-state index in [4.69, 9.17) is 19.9 Å². The number of methoxy groups -OCH3 is 2. The van der Waals surface area contributed by atoms with Crippen molar-refractivity contribution in [3.8, 4) is 34.2 Å². The molecule has 1 atom stereocenters. The standard InChI is InChI=1S/C28H28FN7O3.C19H20N4O3S.C17H14N4O3S.C17H14N4O2S.C12H18FN3O.2C3H7.C2H5.Ni/c1-3-25(37)32-19-5-4-6-22(13-19)36-26(38)10-7-18-15-30-28(34-27(18)36)33-23-9-8-20(14-24(23)39-2)31-21-16-35(17-21)12-11-29;1-19(2,3)26-18(25)21-13-6-5-7-14(10-13)23-15(24)9-8-12-11-20-17(27-4)22-16(12)23;1-3-14(22)19-12-5-4-6-13(9-12)21-15(23)8-7-11-10-18-17(25(2)24)20-16(11)21;1-3-14(22)19-12-5-4-6-13(9-12)21-15(23)8-7-11-10-18-17(24-2)20-16(11)21;1-17-12-6-9(2-3-11(12)14)15-10-7-16(8-10)5-4-13;2*1-3-2;1-2;/h3-10,13-15,21,31H,1,11-12,16-17H2,2H3,(H,32,37)(H,30,33,34);5-11H,1-4H3,(H,21,25);3-10H,1H2,2H3,(H,19,22);3-10H,1H2,2H3,(H,19,22);2-3,6,10,15H,4-5,7-8,14H2,1H3;2*1,3H2,2H3;1H2,2H3;/q;;;;;3*-1;+3. The molecular weight excluding hydrogens is 1910 g/mol. The number of nitrogens with one attached hydrogen (secondary N) is 7. The van der Waals surface area contributed by atoms with Gasteiger partial charge < -0.3 is 72.6 Å². The monoisotopic (exact) mass is 2020 g/mol. The van der Waals surface area contributed by atoms with Gasteiger partial charge in [-0.2, -0.15) is 24.7 Å². The number of likely N-dealkylation sites (tertiary alicyclic amines) is 2. The summed E-state index contributed by atoms with van der Waals surface area (Å²) >= 11 is 2.80. The van der Waals surface area contributed by atoms with E-state index in [1.165, 1.54) is 90.7 Å². The number of carbonyl (C=O) groups excluding carboxylic acids is 4. The van der Waals surface area contributed by atoms with E-state index in [1.807, 2.05) is 62.8 Å². The third-order valence-corrected chi connectivity index (χ3v) is 21.5. The first-order valence-corrected chi connectivity index (χ1v) is 47.9. The van der Waals surface area contributed by atoms with Crippen LogP contribution >= 0.6 is 23.5 Å². The topological polar surface area (TPSA) is 421 Å². The molecule has 2 aliphatic rings. The molecule has 34 nitrogen and oxygen atoms in total. The van der Waals surface area contributed by atoms with E-state index >= 15 is 0 Å². The molecule has 1 unspecified atom stereocenters. The van der Waals surface area contributed by atoms with Crippen molar-refractivity contribution in [1.82, 2.24) is 67.9 Å². The van der Waals surface area contributed by atoms with Gasteiger partial charge in [0.25, 0.3) is 22.2 Å². The van der Waals surface area contributed by atoms with Crippen LogP contribution in [-0.2, 0) is 46.4 Å². The van der Waals surface area contributed by atoms with E-state index < -0.39 is 22.5 Å². The Morgan fingerprint density at radius 2 is 0.830 bits per heavy atom. The van der Waals surface area contributed by atoms with Crippen LogP contribution in [0.25, 0.3) is 66.9 Å². The van der Waals surface area contributed by atoms with Crippen molar-refractivity contribution < 1.29 is 62.9 Å². The second-order valence-electron chi connectivity index (χ2n) is 31.1. The third kappa shape index (κ3) is 31.9. The van der Waals surface area contributed by atoms with Gasteiger partial charge in [0.05, 0.1) is 71.2 Å². The van der Waals surface area contributed by atoms with Gasteiger partial charge in [-0.15, -0.1) is 0 Å². The number of thioether (sulfide) groups is 2. The Morgan fingerprint density at radius 3 is 1.18 bits per heavy atom. The van der Waals surface area contributed by atoms with Gasteiger partial charge in [-0.1, -0.05) is 81.4 Å². The summed E-state index contributed by atoms with van der Waals surface area (Å²) in [5.41, 5.74) is 13.4. The van der Waals surface area contributed by atoms with Gasteiger partial charge in [-0.05, 0) is 173 Å². The molecule has 0 saturated carbocycles. The van der Waals surface area contributed by atoms with Crippen molar-refractivity contribution in [3.63, 3.8) is 0 Å². The largest absolute Gasteiger partial charge is 3.00 e. The van der Waals surface area contributed by atoms with E-state index in [0.717, 1.165) is 67.2 Å². The summed E-state index contributed by atoms with van der Waals surface area (Å²) in [6.45, 7) is 35.4. The first kappa shape index (κ1) is 112. The fourth-order valence-electron chi connectivity index (χ4n) is 13.5. The normalized spacial score (nSPS) is 12.1. The van der Waals surface area contributed by atoms with E-state index in [1.54, 1.807) is 182 Å². The number of alkyl halides is 2. The predicted octanol–water partition coefficient (Wildman–Crippen LogP) is 16.5. The fraction of sp³-hybridized carbons (Fsp3) is 0.238. The van der Waals surface area contributed by atoms with Gasteiger partial charge in [0, 0.05) is 162 Å². The van der Waals surface area contributed by atoms with Crippen LogP contribution < -0.4 is 74.7 Å². The van der Waals surface area contributed by atoms with Crippen LogP contribution in [0.3, 0.4) is 0 Å². The summed E-state index contributed by atoms with van der Waals surface area (Å²) in [5, 5.41) is 24.8. The number of nitrogen functional groups attached to an aromatic ring is 1. The Labute approximate surface area is 836 Å². The number of fused-ring (bicyclic) bond motifs is 4. The van der Waals surface area contributed by atoms with Crippen LogP contribution in [0.5, 0.6) is 11.5 Å². The molecule has 0 bridgehead atoms. The minimum Gasteiger partial charge on any atom is -0.495 e. The maximum Gasteiger partial charge on any atom is 3.00 e. The second-order valence-corrected chi connectivity index (χ2v) is 34.0. The van der Waals surface area contributed by atoms with Crippen molar-refractivity contribution in [3.05, 3.63) is 307 Å². The average molecular weight is 2020 g/mol. The molecule has 2 fully saturated rings. The first-order chi connectivity index (χ1) is 67.4. The molecule has 141 heavy (non-hydrogen) atoms. The number of hydrogen-bond donors (Lipinski definition) is 8. The summed E-state index contributed by atoms with van der Waals surface area (Å²) in [4.78, 5) is 136. The molecule has 1 radical (unpaired) electrons. The molecule has 0 spiro atoms. The molecule has 0 aliphatic carbocycles. The van der Waals surface area contributed by atoms with E-state index in [9.17, 15) is 51.3 Å². The smallest absolute Gasteiger partial charge is 0.495 e. The van der Waals surface area contributed by atoms with Gasteiger partial charge in [0.15, 0.2) is 32.9 Å². The SMILES string of the molecule is C=CC(=O)Nc1cccc(-n2c(=O)ccc3cnc(Nc4ccc(NC5CN(CCF)C5)cc4OC)nc32)c1.C=CC(=O)Nc1cccc(-n2c(=O)ccc3cnc(S(C)=O)nc32)c1.C=CC(=O)Nc1cccc(-n2c(=O)ccc3cnc(SC)nc32)c1.COc1cc(NC2CN(CCF)C2)ccc1N.CSc1ncc2ccc(=O)n(-c3cccc(NC(=O)OC(C)(C)C)c3)c2n1.[CH2-]C.[CH2-]CC.[CH2-]CC.[Ni+3]. The Hall–Kier alpha value is -14.7. The van der Waals surface area contributed by atoms with Crippen molar-refractivity contribution in [2.45, 2.75) is 87.5 Å². The molecule has 2 aliphatic heterocycles. The van der Waals surface area contributed by atoms with Gasteiger partial charge in [0.1, 0.15) is 30.4 Å². The number of nitrogens with zero attached hydrogens (tertiary/aromatic N) is 14. The molecule has 2 saturated heterocycles. The quantitative estimate of drug-likeness (QED) is 0.00623. The number of carbonyl (C=O) groups is 4. The predicted molar refractivity (Wildman–Crippen MR) is 558 cm³/mol. The van der Waals surface area contributed by atoms with Gasteiger partial charge in [-0.25, -0.2) is 48.5 Å². The minimum absolute atomic E-state index is 0. The Kier molecular flexibility index (Phi) is 43.7.